The van der Waals surface area contributed by atoms with Gasteiger partial charge in [-0.25, -0.2) is 4.79 Å². The van der Waals surface area contributed by atoms with E-state index >= 15 is 0 Å². The average molecular weight is 415 g/mol. The SMILES string of the molecule is O=C(O)/C(=C/c1cc(OCc2ccsc2)ccc1Br)c1ccccc1. The minimum atomic E-state index is -0.970. The van der Waals surface area contributed by atoms with Crippen LogP contribution in [0.5, 0.6) is 5.75 Å². The molecule has 0 atom stereocenters. The van der Waals surface area contributed by atoms with Crippen LogP contribution >= 0.6 is 27.3 Å². The number of ether oxygens (including phenoxy) is 1. The van der Waals surface area contributed by atoms with Gasteiger partial charge in [-0.05, 0) is 57.8 Å². The summed E-state index contributed by atoms with van der Waals surface area (Å²) in [6.45, 7) is 0.485. The number of hydrogen-bond donors (Lipinski definition) is 1. The second-order valence-electron chi connectivity index (χ2n) is 5.33. The van der Waals surface area contributed by atoms with E-state index < -0.39 is 5.97 Å². The fraction of sp³-hybridized carbons (Fsp3) is 0.0500. The molecule has 0 spiro atoms. The van der Waals surface area contributed by atoms with E-state index in [0.29, 0.717) is 17.9 Å². The van der Waals surface area contributed by atoms with Crippen molar-refractivity contribution < 1.29 is 14.6 Å². The van der Waals surface area contributed by atoms with Crippen molar-refractivity contribution in [3.05, 3.63) is 86.5 Å². The molecule has 0 aliphatic carbocycles. The largest absolute Gasteiger partial charge is 0.489 e. The number of hydrogen-bond acceptors (Lipinski definition) is 3. The van der Waals surface area contributed by atoms with Gasteiger partial charge in [0.25, 0.3) is 0 Å². The van der Waals surface area contributed by atoms with Gasteiger partial charge >= 0.3 is 5.97 Å². The molecule has 0 saturated heterocycles. The second-order valence-corrected chi connectivity index (χ2v) is 6.97. The molecule has 5 heteroatoms. The third kappa shape index (κ3) is 4.59. The summed E-state index contributed by atoms with van der Waals surface area (Å²) >= 11 is 5.11. The van der Waals surface area contributed by atoms with Crippen molar-refractivity contribution in [2.24, 2.45) is 0 Å². The zero-order valence-electron chi connectivity index (χ0n) is 13.2. The molecular weight excluding hydrogens is 400 g/mol. The summed E-state index contributed by atoms with van der Waals surface area (Å²) in [6.07, 6.45) is 1.65. The number of carboxylic acids is 1. The van der Waals surface area contributed by atoms with Gasteiger partial charge in [0, 0.05) is 4.47 Å². The molecule has 3 rings (SSSR count). The van der Waals surface area contributed by atoms with Crippen molar-refractivity contribution in [3.8, 4) is 5.75 Å². The first kappa shape index (κ1) is 17.5. The van der Waals surface area contributed by atoms with Crippen LogP contribution in [0.2, 0.25) is 0 Å². The Morgan fingerprint density at radius 3 is 2.64 bits per heavy atom. The molecule has 25 heavy (non-hydrogen) atoms. The summed E-state index contributed by atoms with van der Waals surface area (Å²) in [5.41, 5.74) is 2.76. The number of thiophene rings is 1. The molecule has 1 heterocycles. The number of benzene rings is 2. The smallest absolute Gasteiger partial charge is 0.336 e. The number of rotatable bonds is 6. The molecule has 0 saturated carbocycles. The number of carbonyl (C=O) groups is 1. The summed E-state index contributed by atoms with van der Waals surface area (Å²) in [4.78, 5) is 11.7. The molecule has 3 aromatic rings. The Kier molecular flexibility index (Phi) is 5.68. The van der Waals surface area contributed by atoms with Crippen LogP contribution in [0.3, 0.4) is 0 Å². The lowest BCUT2D eigenvalue weighted by molar-refractivity contribution is -0.130. The molecule has 0 aliphatic heterocycles. The molecule has 0 amide bonds. The van der Waals surface area contributed by atoms with Crippen LogP contribution in [0.4, 0.5) is 0 Å². The predicted molar refractivity (Wildman–Crippen MR) is 105 cm³/mol. The van der Waals surface area contributed by atoms with Crippen LogP contribution in [-0.2, 0) is 11.4 Å². The zero-order valence-corrected chi connectivity index (χ0v) is 15.6. The first-order chi connectivity index (χ1) is 12.1. The van der Waals surface area contributed by atoms with Gasteiger partial charge < -0.3 is 9.84 Å². The van der Waals surface area contributed by atoms with E-state index in [1.54, 1.807) is 29.5 Å². The lowest BCUT2D eigenvalue weighted by Gasteiger charge is -2.09. The maximum Gasteiger partial charge on any atom is 0.336 e. The van der Waals surface area contributed by atoms with Gasteiger partial charge in [-0.1, -0.05) is 46.3 Å². The van der Waals surface area contributed by atoms with Crippen molar-refractivity contribution in [2.45, 2.75) is 6.61 Å². The molecule has 0 bridgehead atoms. The first-order valence-electron chi connectivity index (χ1n) is 7.57. The molecule has 1 aromatic heterocycles. The van der Waals surface area contributed by atoms with Gasteiger partial charge in [-0.3, -0.25) is 0 Å². The van der Waals surface area contributed by atoms with Crippen molar-refractivity contribution in [2.75, 3.05) is 0 Å². The Balaban J connectivity index is 1.89. The van der Waals surface area contributed by atoms with Crippen LogP contribution in [0.1, 0.15) is 16.7 Å². The van der Waals surface area contributed by atoms with Crippen LogP contribution in [0, 0.1) is 0 Å². The molecule has 0 fully saturated rings. The van der Waals surface area contributed by atoms with E-state index in [1.165, 1.54) is 0 Å². The third-order valence-corrected chi connectivity index (χ3v) is 5.02. The van der Waals surface area contributed by atoms with E-state index in [-0.39, 0.29) is 5.57 Å². The zero-order chi connectivity index (χ0) is 17.6. The van der Waals surface area contributed by atoms with Crippen molar-refractivity contribution >= 4 is 44.9 Å². The Morgan fingerprint density at radius 1 is 1.16 bits per heavy atom. The molecule has 126 valence electrons. The lowest BCUT2D eigenvalue weighted by atomic mass is 10.0. The summed E-state index contributed by atoms with van der Waals surface area (Å²) in [5, 5.41) is 13.6. The first-order valence-corrected chi connectivity index (χ1v) is 9.31. The highest BCUT2D eigenvalue weighted by Gasteiger charge is 2.11. The quantitative estimate of drug-likeness (QED) is 0.414. The van der Waals surface area contributed by atoms with Gasteiger partial charge in [0.2, 0.25) is 0 Å². The van der Waals surface area contributed by atoms with Gasteiger partial charge in [0.15, 0.2) is 0 Å². The lowest BCUT2D eigenvalue weighted by Crippen LogP contribution is -2.00. The fourth-order valence-electron chi connectivity index (χ4n) is 2.31. The van der Waals surface area contributed by atoms with Crippen molar-refractivity contribution in [1.29, 1.82) is 0 Å². The Bertz CT molecular complexity index is 887. The van der Waals surface area contributed by atoms with Gasteiger partial charge in [-0.15, -0.1) is 0 Å². The highest BCUT2D eigenvalue weighted by Crippen LogP contribution is 2.28. The molecule has 0 aliphatic rings. The number of carboxylic acid groups (broad SMARTS) is 1. The van der Waals surface area contributed by atoms with Crippen molar-refractivity contribution in [1.82, 2.24) is 0 Å². The molecule has 2 aromatic carbocycles. The van der Waals surface area contributed by atoms with E-state index in [2.05, 4.69) is 15.9 Å². The predicted octanol–water partition coefficient (Wildman–Crippen LogP) is 5.71. The Morgan fingerprint density at radius 2 is 1.96 bits per heavy atom. The van der Waals surface area contributed by atoms with E-state index in [1.807, 2.05) is 53.2 Å². The highest BCUT2D eigenvalue weighted by molar-refractivity contribution is 9.10. The molecule has 0 radical (unpaired) electrons. The van der Waals surface area contributed by atoms with Crippen LogP contribution < -0.4 is 4.74 Å². The van der Waals surface area contributed by atoms with Crippen LogP contribution in [-0.4, -0.2) is 11.1 Å². The second kappa shape index (κ2) is 8.14. The van der Waals surface area contributed by atoms with Crippen molar-refractivity contribution in [3.63, 3.8) is 0 Å². The van der Waals surface area contributed by atoms with Gasteiger partial charge in [0.1, 0.15) is 12.4 Å². The topological polar surface area (TPSA) is 46.5 Å². The molecule has 0 unspecified atom stereocenters. The standard InChI is InChI=1S/C20H15BrO3S/c21-19-7-6-17(24-12-14-8-9-25-13-14)10-16(19)11-18(20(22)23)15-4-2-1-3-5-15/h1-11,13H,12H2,(H,22,23)/b18-11+. The number of aliphatic carboxylic acids is 1. The molecular formula is C20H15BrO3S. The van der Waals surface area contributed by atoms with E-state index in [0.717, 1.165) is 15.6 Å². The van der Waals surface area contributed by atoms with E-state index in [4.69, 9.17) is 4.74 Å². The minimum Gasteiger partial charge on any atom is -0.489 e. The monoisotopic (exact) mass is 414 g/mol. The Labute approximate surface area is 158 Å². The summed E-state index contributed by atoms with van der Waals surface area (Å²) in [5.74, 6) is -0.277. The fourth-order valence-corrected chi connectivity index (χ4v) is 3.32. The normalized spacial score (nSPS) is 11.3. The third-order valence-electron chi connectivity index (χ3n) is 3.57. The highest BCUT2D eigenvalue weighted by atomic mass is 79.9. The minimum absolute atomic E-state index is 0.233. The average Bonchev–Trinajstić information content (AvgIpc) is 3.14. The Hall–Kier alpha value is -2.37. The van der Waals surface area contributed by atoms with Crippen LogP contribution in [0.25, 0.3) is 11.6 Å². The summed E-state index contributed by atoms with van der Waals surface area (Å²) in [7, 11) is 0. The van der Waals surface area contributed by atoms with Gasteiger partial charge in [0.05, 0.1) is 5.57 Å². The molecule has 1 N–H and O–H groups in total. The summed E-state index contributed by atoms with van der Waals surface area (Å²) < 4.78 is 6.61. The maximum atomic E-state index is 11.7. The number of halogens is 1. The van der Waals surface area contributed by atoms with Crippen LogP contribution in [0.15, 0.2) is 69.8 Å². The maximum absolute atomic E-state index is 11.7. The van der Waals surface area contributed by atoms with E-state index in [9.17, 15) is 9.90 Å². The summed E-state index contributed by atoms with van der Waals surface area (Å²) in [6, 6.07) is 16.6. The molecule has 3 nitrogen and oxygen atoms in total. The van der Waals surface area contributed by atoms with Gasteiger partial charge in [-0.2, -0.15) is 11.3 Å².